The van der Waals surface area contributed by atoms with Gasteiger partial charge in [0.15, 0.2) is 12.7 Å². The second-order valence-corrected chi connectivity index (χ2v) is 5.35. The van der Waals surface area contributed by atoms with Crippen molar-refractivity contribution in [3.05, 3.63) is 64.7 Å². The molecule has 2 heterocycles. The van der Waals surface area contributed by atoms with Gasteiger partial charge in [-0.1, -0.05) is 36.4 Å². The molecule has 4 nitrogen and oxygen atoms in total. The highest BCUT2D eigenvalue weighted by Crippen LogP contribution is 2.21. The van der Waals surface area contributed by atoms with Gasteiger partial charge in [0, 0.05) is 12.0 Å². The number of hydrogen-bond donors (Lipinski definition) is 0. The molecular formula is C17H17N2O2+. The lowest BCUT2D eigenvalue weighted by molar-refractivity contribution is -1.06. The number of nitrogens with zero attached hydrogens (tertiary/aromatic N) is 2. The Morgan fingerprint density at radius 2 is 1.90 bits per heavy atom. The molecule has 0 saturated carbocycles. The molecule has 106 valence electrons. The van der Waals surface area contributed by atoms with Crippen molar-refractivity contribution in [2.75, 3.05) is 13.2 Å². The maximum absolute atomic E-state index is 6.09. The van der Waals surface area contributed by atoms with E-state index in [2.05, 4.69) is 18.3 Å². The molecule has 2 aliphatic rings. The largest absolute Gasteiger partial charge is 0.493 e. The van der Waals surface area contributed by atoms with Gasteiger partial charge in [-0.25, -0.2) is 0 Å². The molecule has 2 bridgehead atoms. The minimum atomic E-state index is 0.166. The van der Waals surface area contributed by atoms with Crippen molar-refractivity contribution in [1.29, 1.82) is 0 Å². The molecule has 0 saturated heterocycles. The maximum atomic E-state index is 6.09. The number of hydrogen-bond acceptors (Lipinski definition) is 3. The third-order valence-electron chi connectivity index (χ3n) is 3.76. The fraction of sp³-hybridized carbons (Fsp3) is 0.235. The molecule has 4 heteroatoms. The van der Waals surface area contributed by atoms with Gasteiger partial charge in [0.1, 0.15) is 22.9 Å². The van der Waals surface area contributed by atoms with Gasteiger partial charge in [0.2, 0.25) is 0 Å². The van der Waals surface area contributed by atoms with Crippen LogP contribution in [0.5, 0.6) is 5.75 Å². The summed E-state index contributed by atoms with van der Waals surface area (Å²) >= 11 is 0. The fourth-order valence-electron chi connectivity index (χ4n) is 2.79. The van der Waals surface area contributed by atoms with Crippen LogP contribution in [0.2, 0.25) is 0 Å². The van der Waals surface area contributed by atoms with Crippen LogP contribution in [0.3, 0.4) is 0 Å². The summed E-state index contributed by atoms with van der Waals surface area (Å²) in [7, 11) is 0. The van der Waals surface area contributed by atoms with Gasteiger partial charge in [-0.3, -0.25) is 0 Å². The minimum Gasteiger partial charge on any atom is -0.493 e. The molecule has 0 N–H and O–H groups in total. The Balaban J connectivity index is 1.82. The molecule has 0 aliphatic carbocycles. The number of hydroxylamine groups is 2. The zero-order valence-corrected chi connectivity index (χ0v) is 11.7. The summed E-state index contributed by atoms with van der Waals surface area (Å²) in [4.78, 5) is 6.09. The second-order valence-electron chi connectivity index (χ2n) is 5.35. The van der Waals surface area contributed by atoms with Crippen LogP contribution in [0.15, 0.2) is 53.6 Å². The van der Waals surface area contributed by atoms with Gasteiger partial charge >= 0.3 is 0 Å². The molecule has 2 aromatic rings. The highest BCUT2D eigenvalue weighted by molar-refractivity contribution is 5.32. The molecule has 0 spiro atoms. The Bertz CT molecular complexity index is 773. The first-order valence-electron chi connectivity index (χ1n) is 7.26. The van der Waals surface area contributed by atoms with Crippen LogP contribution in [0.4, 0.5) is 0 Å². The molecule has 2 aromatic carbocycles. The minimum absolute atomic E-state index is 0.166. The molecular weight excluding hydrogens is 264 g/mol. The molecule has 0 radical (unpaired) electrons. The average Bonchev–Trinajstić information content (AvgIpc) is 2.89. The molecule has 1 atom stereocenters. The van der Waals surface area contributed by atoms with E-state index in [0.29, 0.717) is 19.8 Å². The van der Waals surface area contributed by atoms with E-state index in [9.17, 15) is 0 Å². The van der Waals surface area contributed by atoms with Crippen LogP contribution >= 0.6 is 0 Å². The van der Waals surface area contributed by atoms with E-state index in [0.717, 1.165) is 22.7 Å². The van der Waals surface area contributed by atoms with Crippen molar-refractivity contribution in [1.82, 2.24) is 0 Å². The zero-order valence-electron chi connectivity index (χ0n) is 11.7. The number of fused-ring (bicyclic) bond motifs is 1. The highest BCUT2D eigenvalue weighted by Gasteiger charge is 2.33. The zero-order chi connectivity index (χ0) is 14.1. The monoisotopic (exact) mass is 281 g/mol. The summed E-state index contributed by atoms with van der Waals surface area (Å²) in [5, 5.41) is 6.76. The van der Waals surface area contributed by atoms with E-state index in [1.165, 1.54) is 5.56 Å². The lowest BCUT2D eigenvalue weighted by Crippen LogP contribution is -2.35. The Kier molecular flexibility index (Phi) is 2.98. The van der Waals surface area contributed by atoms with Gasteiger partial charge in [-0.15, -0.1) is 0 Å². The fourth-order valence-corrected chi connectivity index (χ4v) is 2.79. The summed E-state index contributed by atoms with van der Waals surface area (Å²) in [6.45, 7) is 2.00. The summed E-state index contributed by atoms with van der Waals surface area (Å²) in [6, 6.07) is 16.3. The third-order valence-corrected chi connectivity index (χ3v) is 3.76. The van der Waals surface area contributed by atoms with Crippen LogP contribution in [0.1, 0.15) is 12.0 Å². The predicted molar refractivity (Wildman–Crippen MR) is 78.2 cm³/mol. The van der Waals surface area contributed by atoms with Gasteiger partial charge in [0.25, 0.3) is 0 Å². The van der Waals surface area contributed by atoms with E-state index < -0.39 is 0 Å². The van der Waals surface area contributed by atoms with Gasteiger partial charge in [0.05, 0.1) is 6.61 Å². The van der Waals surface area contributed by atoms with Crippen molar-refractivity contribution in [2.45, 2.75) is 13.0 Å². The second kappa shape index (κ2) is 4.98. The quantitative estimate of drug-likeness (QED) is 0.785. The number of rotatable bonds is 2. The van der Waals surface area contributed by atoms with Gasteiger partial charge in [-0.05, 0) is 22.0 Å². The van der Waals surface area contributed by atoms with Crippen LogP contribution < -0.4 is 15.3 Å². The lowest BCUT2D eigenvalue weighted by atomic mass is 10.2. The number of ether oxygens (including phenoxy) is 1. The first-order chi connectivity index (χ1) is 10.3. The van der Waals surface area contributed by atoms with Crippen molar-refractivity contribution in [3.8, 4) is 5.75 Å². The topological polar surface area (TPSA) is 30.8 Å². The van der Waals surface area contributed by atoms with Gasteiger partial charge in [-0.2, -0.15) is 4.84 Å². The van der Waals surface area contributed by atoms with Gasteiger partial charge < -0.3 is 4.74 Å². The molecule has 1 unspecified atom stereocenters. The van der Waals surface area contributed by atoms with E-state index in [4.69, 9.17) is 14.7 Å². The molecule has 0 aromatic heterocycles. The van der Waals surface area contributed by atoms with E-state index in [-0.39, 0.29) is 4.76 Å². The van der Waals surface area contributed by atoms with Crippen LogP contribution in [0.25, 0.3) is 6.20 Å². The molecule has 2 aliphatic heterocycles. The van der Waals surface area contributed by atoms with Crippen molar-refractivity contribution >= 4 is 6.20 Å². The van der Waals surface area contributed by atoms with Crippen LogP contribution in [0, 0.1) is 0 Å². The Morgan fingerprint density at radius 1 is 1.00 bits per heavy atom. The van der Waals surface area contributed by atoms with E-state index >= 15 is 0 Å². The average molecular weight is 281 g/mol. The van der Waals surface area contributed by atoms with Crippen LogP contribution in [-0.4, -0.2) is 18.0 Å². The Labute approximate surface area is 123 Å². The predicted octanol–water partition coefficient (Wildman–Crippen LogP) is 1.70. The summed E-state index contributed by atoms with van der Waals surface area (Å²) in [5.74, 6) is 0.898. The van der Waals surface area contributed by atoms with Crippen molar-refractivity contribution in [2.24, 2.45) is 5.10 Å². The SMILES string of the molecule is C1=c2c3cccc2=N[N+]1(Cc1ccccc1)OCCCO3. The summed E-state index contributed by atoms with van der Waals surface area (Å²) < 4.78 is 6.00. The highest BCUT2D eigenvalue weighted by atomic mass is 16.7. The molecule has 4 rings (SSSR count). The normalized spacial score (nSPS) is 23.0. The van der Waals surface area contributed by atoms with E-state index in [1.807, 2.05) is 36.4 Å². The molecule has 0 fully saturated rings. The Hall–Kier alpha value is -2.17. The van der Waals surface area contributed by atoms with Crippen molar-refractivity contribution in [3.63, 3.8) is 0 Å². The Morgan fingerprint density at radius 3 is 2.81 bits per heavy atom. The lowest BCUT2D eigenvalue weighted by Gasteiger charge is -2.23. The maximum Gasteiger partial charge on any atom is 0.171 e. The molecule has 21 heavy (non-hydrogen) atoms. The summed E-state index contributed by atoms with van der Waals surface area (Å²) in [5.41, 5.74) is 1.20. The number of benzene rings is 2. The third kappa shape index (κ3) is 2.33. The summed E-state index contributed by atoms with van der Waals surface area (Å²) in [6.07, 6.45) is 2.92. The van der Waals surface area contributed by atoms with E-state index in [1.54, 1.807) is 0 Å². The van der Waals surface area contributed by atoms with Crippen molar-refractivity contribution < 1.29 is 14.3 Å². The molecule has 0 amide bonds. The standard InChI is InChI=1S/C17H17N2O2/c1-2-6-14(7-3-1)12-19-13-15-16(18-19)8-4-9-17(15)20-10-5-11-21-19/h1-4,6-9,13H,5,10-12H2/q+1. The first-order valence-corrected chi connectivity index (χ1v) is 7.26. The van der Waals surface area contributed by atoms with Crippen LogP contribution in [-0.2, 0) is 11.4 Å². The first kappa shape index (κ1) is 12.6. The number of quaternary nitrogens is 1. The smallest absolute Gasteiger partial charge is 0.171 e.